The van der Waals surface area contributed by atoms with Crippen LogP contribution in [0.4, 0.5) is 0 Å². The molecule has 26 heavy (non-hydrogen) atoms. The van der Waals surface area contributed by atoms with E-state index in [4.69, 9.17) is 21.4 Å². The molecule has 1 aliphatic rings. The first-order chi connectivity index (χ1) is 12.3. The average Bonchev–Trinajstić information content (AvgIpc) is 2.62. The van der Waals surface area contributed by atoms with Gasteiger partial charge in [-0.15, -0.1) is 0 Å². The molecule has 1 heterocycles. The second kappa shape index (κ2) is 8.89. The smallest absolute Gasteiger partial charge is 0.306 e. The molecule has 1 saturated heterocycles. The van der Waals surface area contributed by atoms with Crippen molar-refractivity contribution in [3.63, 3.8) is 0 Å². The standard InChI is InChI=1S/C18H23ClN2O5/c1-12(26-15-6-4-3-5-14(15)19)17(23)20(2)11-16(22)21-9-7-13(8-10-21)18(24)25/h3-6,12-13H,7-11H2,1-2H3,(H,24,25). The maximum absolute atomic E-state index is 12.4. The largest absolute Gasteiger partial charge is 0.481 e. The van der Waals surface area contributed by atoms with Gasteiger partial charge in [-0.1, -0.05) is 23.7 Å². The summed E-state index contributed by atoms with van der Waals surface area (Å²) in [5, 5.41) is 9.41. The number of hydrogen-bond donors (Lipinski definition) is 1. The fraction of sp³-hybridized carbons (Fsp3) is 0.500. The fourth-order valence-electron chi connectivity index (χ4n) is 2.85. The fourth-order valence-corrected chi connectivity index (χ4v) is 3.03. The highest BCUT2D eigenvalue weighted by Gasteiger charge is 2.29. The van der Waals surface area contributed by atoms with Crippen molar-refractivity contribution in [3.8, 4) is 5.75 Å². The molecular weight excluding hydrogens is 360 g/mol. The molecule has 1 N–H and O–H groups in total. The maximum atomic E-state index is 12.4. The molecule has 2 rings (SSSR count). The van der Waals surface area contributed by atoms with Gasteiger partial charge in [0.2, 0.25) is 5.91 Å². The van der Waals surface area contributed by atoms with Crippen LogP contribution in [0, 0.1) is 5.92 Å². The van der Waals surface area contributed by atoms with Gasteiger partial charge in [0.05, 0.1) is 17.5 Å². The van der Waals surface area contributed by atoms with Crippen LogP contribution in [0.5, 0.6) is 5.75 Å². The average molecular weight is 383 g/mol. The summed E-state index contributed by atoms with van der Waals surface area (Å²) in [6, 6.07) is 6.86. The number of likely N-dealkylation sites (tertiary alicyclic amines) is 1. The molecular formula is C18H23ClN2O5. The van der Waals surface area contributed by atoms with Crippen LogP contribution in [0.3, 0.4) is 0 Å². The van der Waals surface area contributed by atoms with E-state index >= 15 is 0 Å². The van der Waals surface area contributed by atoms with Gasteiger partial charge in [0.15, 0.2) is 6.10 Å². The van der Waals surface area contributed by atoms with Gasteiger partial charge in [-0.05, 0) is 31.9 Å². The lowest BCUT2D eigenvalue weighted by Crippen LogP contribution is -2.47. The normalized spacial score (nSPS) is 16.0. The molecule has 0 aromatic heterocycles. The summed E-state index contributed by atoms with van der Waals surface area (Å²) in [5.41, 5.74) is 0. The number of para-hydroxylation sites is 1. The van der Waals surface area contributed by atoms with Gasteiger partial charge in [0.1, 0.15) is 5.75 Å². The zero-order valence-corrected chi connectivity index (χ0v) is 15.6. The summed E-state index contributed by atoms with van der Waals surface area (Å²) < 4.78 is 5.58. The van der Waals surface area contributed by atoms with Gasteiger partial charge in [-0.3, -0.25) is 14.4 Å². The third-order valence-corrected chi connectivity index (χ3v) is 4.75. The van der Waals surface area contributed by atoms with Gasteiger partial charge < -0.3 is 19.6 Å². The number of nitrogens with zero attached hydrogens (tertiary/aromatic N) is 2. The Kier molecular flexibility index (Phi) is 6.85. The highest BCUT2D eigenvalue weighted by molar-refractivity contribution is 6.32. The number of carboxylic acid groups (broad SMARTS) is 1. The number of carboxylic acids is 1. The van der Waals surface area contributed by atoms with Gasteiger partial charge in [0, 0.05) is 20.1 Å². The van der Waals surface area contributed by atoms with Crippen LogP contribution in [0.2, 0.25) is 5.02 Å². The topological polar surface area (TPSA) is 87.2 Å². The van der Waals surface area contributed by atoms with E-state index in [-0.39, 0.29) is 18.4 Å². The molecule has 0 radical (unpaired) electrons. The summed E-state index contributed by atoms with van der Waals surface area (Å²) in [5.74, 6) is -1.35. The van der Waals surface area contributed by atoms with E-state index in [9.17, 15) is 14.4 Å². The Balaban J connectivity index is 1.85. The number of carbonyl (C=O) groups excluding carboxylic acids is 2. The van der Waals surface area contributed by atoms with Gasteiger partial charge in [-0.25, -0.2) is 0 Å². The molecule has 0 saturated carbocycles. The number of benzene rings is 1. The summed E-state index contributed by atoms with van der Waals surface area (Å²) in [7, 11) is 1.54. The Morgan fingerprint density at radius 2 is 1.92 bits per heavy atom. The van der Waals surface area contributed by atoms with Gasteiger partial charge >= 0.3 is 5.97 Å². The first-order valence-corrected chi connectivity index (χ1v) is 8.84. The Morgan fingerprint density at radius 1 is 1.31 bits per heavy atom. The van der Waals surface area contributed by atoms with Gasteiger partial charge in [0.25, 0.3) is 5.91 Å². The molecule has 1 atom stereocenters. The lowest BCUT2D eigenvalue weighted by Gasteiger charge is -2.31. The summed E-state index contributed by atoms with van der Waals surface area (Å²) >= 11 is 6.02. The highest BCUT2D eigenvalue weighted by atomic mass is 35.5. The molecule has 1 aliphatic heterocycles. The predicted molar refractivity (Wildman–Crippen MR) is 96.1 cm³/mol. The lowest BCUT2D eigenvalue weighted by molar-refractivity contribution is -0.147. The number of rotatable bonds is 6. The molecule has 1 fully saturated rings. The molecule has 7 nitrogen and oxygen atoms in total. The number of halogens is 1. The number of likely N-dealkylation sites (N-methyl/N-ethyl adjacent to an activating group) is 1. The molecule has 0 spiro atoms. The van der Waals surface area contributed by atoms with Crippen molar-refractivity contribution in [1.29, 1.82) is 0 Å². The SMILES string of the molecule is CC(Oc1ccccc1Cl)C(=O)N(C)CC(=O)N1CCC(C(=O)O)CC1. The zero-order chi connectivity index (χ0) is 19.3. The molecule has 8 heteroatoms. The number of piperidine rings is 1. The van der Waals surface area contributed by atoms with Crippen LogP contribution < -0.4 is 4.74 Å². The van der Waals surface area contributed by atoms with Crippen molar-refractivity contribution in [2.45, 2.75) is 25.9 Å². The van der Waals surface area contributed by atoms with Crippen LogP contribution in [0.25, 0.3) is 0 Å². The van der Waals surface area contributed by atoms with Crippen molar-refractivity contribution in [1.82, 2.24) is 9.80 Å². The highest BCUT2D eigenvalue weighted by Crippen LogP contribution is 2.24. The van der Waals surface area contributed by atoms with Gasteiger partial charge in [-0.2, -0.15) is 0 Å². The van der Waals surface area contributed by atoms with Crippen LogP contribution in [-0.2, 0) is 14.4 Å². The second-order valence-corrected chi connectivity index (χ2v) is 6.79. The Hall–Kier alpha value is -2.28. The monoisotopic (exact) mass is 382 g/mol. The van der Waals surface area contributed by atoms with Crippen molar-refractivity contribution in [2.24, 2.45) is 5.92 Å². The molecule has 2 amide bonds. The van der Waals surface area contributed by atoms with Crippen LogP contribution in [0.1, 0.15) is 19.8 Å². The molecule has 1 aromatic carbocycles. The number of aliphatic carboxylic acids is 1. The zero-order valence-electron chi connectivity index (χ0n) is 14.9. The molecule has 1 unspecified atom stereocenters. The minimum Gasteiger partial charge on any atom is -0.481 e. The minimum absolute atomic E-state index is 0.0766. The summed E-state index contributed by atoms with van der Waals surface area (Å²) in [6.45, 7) is 2.31. The minimum atomic E-state index is -0.824. The van der Waals surface area contributed by atoms with E-state index in [1.807, 2.05) is 0 Å². The Labute approximate surface area is 157 Å². The van der Waals surface area contributed by atoms with E-state index < -0.39 is 18.0 Å². The van der Waals surface area contributed by atoms with E-state index in [1.165, 1.54) is 11.9 Å². The van der Waals surface area contributed by atoms with Crippen molar-refractivity contribution in [3.05, 3.63) is 29.3 Å². The summed E-state index contributed by atoms with van der Waals surface area (Å²) in [6.07, 6.45) is 0.0839. The van der Waals surface area contributed by atoms with Crippen LogP contribution >= 0.6 is 11.6 Å². The third kappa shape index (κ3) is 5.11. The van der Waals surface area contributed by atoms with E-state index in [2.05, 4.69) is 0 Å². The number of carbonyl (C=O) groups is 3. The second-order valence-electron chi connectivity index (χ2n) is 6.38. The van der Waals surface area contributed by atoms with E-state index in [1.54, 1.807) is 36.1 Å². The first kappa shape index (κ1) is 20.0. The number of ether oxygens (including phenoxy) is 1. The van der Waals surface area contributed by atoms with Crippen LogP contribution in [-0.4, -0.2) is 65.5 Å². The molecule has 142 valence electrons. The molecule has 1 aromatic rings. The number of hydrogen-bond acceptors (Lipinski definition) is 4. The lowest BCUT2D eigenvalue weighted by atomic mass is 9.97. The molecule has 0 aliphatic carbocycles. The van der Waals surface area contributed by atoms with Crippen molar-refractivity contribution in [2.75, 3.05) is 26.7 Å². The van der Waals surface area contributed by atoms with Crippen molar-refractivity contribution < 1.29 is 24.2 Å². The Bertz CT molecular complexity index is 673. The Morgan fingerprint density at radius 3 is 2.50 bits per heavy atom. The van der Waals surface area contributed by atoms with Crippen molar-refractivity contribution >= 4 is 29.4 Å². The first-order valence-electron chi connectivity index (χ1n) is 8.46. The quantitative estimate of drug-likeness (QED) is 0.811. The third-order valence-electron chi connectivity index (χ3n) is 4.43. The van der Waals surface area contributed by atoms with E-state index in [0.717, 1.165) is 0 Å². The summed E-state index contributed by atoms with van der Waals surface area (Å²) in [4.78, 5) is 38.7. The van der Waals surface area contributed by atoms with Crippen LogP contribution in [0.15, 0.2) is 24.3 Å². The maximum Gasteiger partial charge on any atom is 0.306 e. The predicted octanol–water partition coefficient (Wildman–Crippen LogP) is 1.89. The molecule has 0 bridgehead atoms. The van der Waals surface area contributed by atoms with E-state index in [0.29, 0.717) is 36.7 Å². The number of amides is 2.